The quantitative estimate of drug-likeness (QED) is 0.664. The van der Waals surface area contributed by atoms with Gasteiger partial charge in [0.2, 0.25) is 0 Å². The summed E-state index contributed by atoms with van der Waals surface area (Å²) in [6, 6.07) is 6.05. The third-order valence-electron chi connectivity index (χ3n) is 1.76. The van der Waals surface area contributed by atoms with Crippen LogP contribution in [0.25, 0.3) is 10.1 Å². The number of benzene rings is 1. The van der Waals surface area contributed by atoms with Crippen LogP contribution in [0.15, 0.2) is 26.9 Å². The second-order valence-corrected chi connectivity index (χ2v) is 5.96. The molecule has 68 valence electrons. The van der Waals surface area contributed by atoms with Gasteiger partial charge < -0.3 is 0 Å². The van der Waals surface area contributed by atoms with Crippen LogP contribution in [-0.2, 0) is 0 Å². The lowest BCUT2D eigenvalue weighted by Gasteiger charge is -1.94. The Hall–Kier alpha value is 0.300. The van der Waals surface area contributed by atoms with E-state index in [1.54, 1.807) is 23.1 Å². The molecule has 0 saturated carbocycles. The summed E-state index contributed by atoms with van der Waals surface area (Å²) >= 11 is 13.1. The Morgan fingerprint density at radius 3 is 2.85 bits per heavy atom. The van der Waals surface area contributed by atoms with Gasteiger partial charge in [0.1, 0.15) is 0 Å². The van der Waals surface area contributed by atoms with Crippen molar-refractivity contribution in [1.82, 2.24) is 0 Å². The number of thiophene rings is 1. The maximum atomic E-state index is 6.08. The molecule has 1 heterocycles. The van der Waals surface area contributed by atoms with E-state index in [1.807, 2.05) is 12.1 Å². The summed E-state index contributed by atoms with van der Waals surface area (Å²) in [7, 11) is 0. The second-order valence-electron chi connectivity index (χ2n) is 2.54. The van der Waals surface area contributed by atoms with E-state index in [4.69, 9.17) is 11.6 Å². The minimum Gasteiger partial charge on any atom is -0.128 e. The maximum absolute atomic E-state index is 6.08. The highest BCUT2D eigenvalue weighted by atomic mass is 79.9. The van der Waals surface area contributed by atoms with Gasteiger partial charge in [-0.3, -0.25) is 0 Å². The first-order valence-electron chi connectivity index (χ1n) is 3.64. The molecule has 0 atom stereocenters. The Labute approximate surface area is 98.4 Å². The van der Waals surface area contributed by atoms with E-state index in [-0.39, 0.29) is 0 Å². The van der Waals surface area contributed by atoms with Gasteiger partial charge in [0.05, 0.1) is 8.91 Å². The fourth-order valence-electron chi connectivity index (χ4n) is 1.14. The molecule has 2 aromatic rings. The Bertz CT molecular complexity index is 411. The maximum Gasteiger partial charge on any atom is 0.0609 e. The summed E-state index contributed by atoms with van der Waals surface area (Å²) in [4.78, 5) is 0. The number of halogens is 2. The average molecular weight is 294 g/mol. The van der Waals surface area contributed by atoms with Crippen molar-refractivity contribution in [1.29, 1.82) is 0 Å². The zero-order valence-corrected chi connectivity index (χ0v) is 10.8. The van der Waals surface area contributed by atoms with Crippen LogP contribution < -0.4 is 0 Å². The van der Waals surface area contributed by atoms with Crippen LogP contribution >= 0.6 is 50.6 Å². The first-order valence-corrected chi connectivity index (χ1v) is 6.85. The fraction of sp³-hybridized carbons (Fsp3) is 0.111. The molecule has 0 radical (unpaired) electrons. The lowest BCUT2D eigenvalue weighted by Crippen LogP contribution is -1.67. The van der Waals surface area contributed by atoms with Crippen molar-refractivity contribution in [3.05, 3.63) is 27.7 Å². The predicted molar refractivity (Wildman–Crippen MR) is 66.3 cm³/mol. The van der Waals surface area contributed by atoms with Gasteiger partial charge in [-0.15, -0.1) is 23.1 Å². The third kappa shape index (κ3) is 1.75. The molecule has 2 rings (SSSR count). The number of hydrogen-bond acceptors (Lipinski definition) is 2. The summed E-state index contributed by atoms with van der Waals surface area (Å²) in [5.41, 5.74) is 0. The van der Waals surface area contributed by atoms with Crippen LogP contribution in [0.4, 0.5) is 0 Å². The highest BCUT2D eigenvalue weighted by Crippen LogP contribution is 2.39. The molecule has 0 saturated heterocycles. The second kappa shape index (κ2) is 3.81. The predicted octanol–water partition coefficient (Wildman–Crippen LogP) is 5.04. The van der Waals surface area contributed by atoms with Crippen LogP contribution in [0.1, 0.15) is 0 Å². The van der Waals surface area contributed by atoms with Crippen LogP contribution in [0.3, 0.4) is 0 Å². The molecular weight excluding hydrogens is 288 g/mol. The molecule has 0 aliphatic carbocycles. The van der Waals surface area contributed by atoms with Gasteiger partial charge in [-0.25, -0.2) is 0 Å². The fourth-order valence-corrected chi connectivity index (χ4v) is 3.63. The molecule has 0 nitrogen and oxygen atoms in total. The van der Waals surface area contributed by atoms with Crippen molar-refractivity contribution in [2.75, 3.05) is 6.26 Å². The van der Waals surface area contributed by atoms with Crippen LogP contribution in [0, 0.1) is 0 Å². The Kier molecular flexibility index (Phi) is 2.88. The summed E-state index contributed by atoms with van der Waals surface area (Å²) in [6.45, 7) is 0. The number of rotatable bonds is 1. The third-order valence-corrected chi connectivity index (χ3v) is 5.25. The zero-order chi connectivity index (χ0) is 9.42. The molecule has 0 fully saturated rings. The van der Waals surface area contributed by atoms with Crippen LogP contribution in [0.2, 0.25) is 5.02 Å². The summed E-state index contributed by atoms with van der Waals surface area (Å²) in [5, 5.41) is 1.97. The SMILES string of the molecule is CSc1cc2c(Cl)ccc(Br)c2s1. The molecule has 0 N–H and O–H groups in total. The minimum atomic E-state index is 0.828. The van der Waals surface area contributed by atoms with Crippen molar-refractivity contribution < 1.29 is 0 Å². The van der Waals surface area contributed by atoms with E-state index in [0.29, 0.717) is 0 Å². The van der Waals surface area contributed by atoms with Crippen molar-refractivity contribution in [3.63, 3.8) is 0 Å². The van der Waals surface area contributed by atoms with E-state index in [9.17, 15) is 0 Å². The molecule has 0 aliphatic rings. The van der Waals surface area contributed by atoms with Crippen LogP contribution in [0.5, 0.6) is 0 Å². The van der Waals surface area contributed by atoms with Crippen molar-refractivity contribution >= 4 is 60.7 Å². The Morgan fingerprint density at radius 2 is 2.23 bits per heavy atom. The molecule has 13 heavy (non-hydrogen) atoms. The highest BCUT2D eigenvalue weighted by molar-refractivity contribution is 9.10. The molecular formula is C9H6BrClS2. The summed E-state index contributed by atoms with van der Waals surface area (Å²) in [6.07, 6.45) is 2.08. The normalized spacial score (nSPS) is 11.0. The van der Waals surface area contributed by atoms with Gasteiger partial charge in [0.25, 0.3) is 0 Å². The average Bonchev–Trinajstić information content (AvgIpc) is 2.56. The van der Waals surface area contributed by atoms with E-state index >= 15 is 0 Å². The first-order chi connectivity index (χ1) is 6.22. The zero-order valence-electron chi connectivity index (χ0n) is 6.80. The Balaban J connectivity index is 2.80. The van der Waals surface area contributed by atoms with Crippen molar-refractivity contribution in [3.8, 4) is 0 Å². The molecule has 0 unspecified atom stereocenters. The smallest absolute Gasteiger partial charge is 0.0609 e. The lowest BCUT2D eigenvalue weighted by atomic mass is 10.3. The van der Waals surface area contributed by atoms with Gasteiger partial charge in [-0.1, -0.05) is 11.6 Å². The summed E-state index contributed by atoms with van der Waals surface area (Å²) in [5.74, 6) is 0. The van der Waals surface area contributed by atoms with E-state index in [2.05, 4.69) is 28.3 Å². The lowest BCUT2D eigenvalue weighted by molar-refractivity contribution is 1.75. The van der Waals surface area contributed by atoms with E-state index in [0.717, 1.165) is 14.9 Å². The molecule has 0 aliphatic heterocycles. The monoisotopic (exact) mass is 292 g/mol. The van der Waals surface area contributed by atoms with E-state index in [1.165, 1.54) is 8.91 Å². The molecule has 1 aromatic carbocycles. The van der Waals surface area contributed by atoms with Gasteiger partial charge in [-0.2, -0.15) is 0 Å². The van der Waals surface area contributed by atoms with Gasteiger partial charge in [0.15, 0.2) is 0 Å². The standard InChI is InChI=1S/C9H6BrClS2/c1-12-8-4-5-7(11)3-2-6(10)9(5)13-8/h2-4H,1H3. The van der Waals surface area contributed by atoms with Gasteiger partial charge in [0, 0.05) is 14.9 Å². The van der Waals surface area contributed by atoms with Crippen molar-refractivity contribution in [2.45, 2.75) is 4.21 Å². The van der Waals surface area contributed by atoms with E-state index < -0.39 is 0 Å². The van der Waals surface area contributed by atoms with Gasteiger partial charge >= 0.3 is 0 Å². The molecule has 0 spiro atoms. The number of thioether (sulfide) groups is 1. The topological polar surface area (TPSA) is 0 Å². The van der Waals surface area contributed by atoms with Crippen molar-refractivity contribution in [2.24, 2.45) is 0 Å². The largest absolute Gasteiger partial charge is 0.128 e. The minimum absolute atomic E-state index is 0.828. The highest BCUT2D eigenvalue weighted by Gasteiger charge is 2.07. The van der Waals surface area contributed by atoms with Crippen LogP contribution in [-0.4, -0.2) is 6.26 Å². The molecule has 0 bridgehead atoms. The number of hydrogen-bond donors (Lipinski definition) is 0. The first kappa shape index (κ1) is 9.84. The molecule has 0 amide bonds. The van der Waals surface area contributed by atoms with Gasteiger partial charge in [-0.05, 0) is 40.4 Å². The molecule has 4 heteroatoms. The summed E-state index contributed by atoms with van der Waals surface area (Å²) < 4.78 is 3.65. The number of fused-ring (bicyclic) bond motifs is 1. The molecule has 1 aromatic heterocycles. The Morgan fingerprint density at radius 1 is 1.46 bits per heavy atom.